The van der Waals surface area contributed by atoms with E-state index < -0.39 is 0 Å². The van der Waals surface area contributed by atoms with Crippen LogP contribution in [-0.4, -0.2) is 9.55 Å². The molecule has 0 aliphatic heterocycles. The number of rotatable bonds is 3. The highest BCUT2D eigenvalue weighted by atomic mass is 79.9. The highest BCUT2D eigenvalue weighted by Crippen LogP contribution is 2.34. The molecule has 0 bridgehead atoms. The average molecular weight is 348 g/mol. The summed E-state index contributed by atoms with van der Waals surface area (Å²) in [4.78, 5) is 4.50. The highest BCUT2D eigenvalue weighted by molar-refractivity contribution is 9.10. The molecule has 1 aromatic carbocycles. The fraction of sp³-hybridized carbons (Fsp3) is 0.500. The van der Waals surface area contributed by atoms with Gasteiger partial charge in [0.1, 0.15) is 11.6 Å². The lowest BCUT2D eigenvalue weighted by molar-refractivity contribution is 0.341. The third-order valence-corrected chi connectivity index (χ3v) is 4.35. The largest absolute Gasteiger partial charge is 0.321 e. The van der Waals surface area contributed by atoms with E-state index in [2.05, 4.69) is 46.3 Å². The molecule has 0 saturated carbocycles. The zero-order valence-corrected chi connectivity index (χ0v) is 13.8. The summed E-state index contributed by atoms with van der Waals surface area (Å²) in [5.74, 6) is 0.473. The van der Waals surface area contributed by atoms with E-state index in [-0.39, 0.29) is 16.7 Å². The van der Waals surface area contributed by atoms with Gasteiger partial charge in [-0.2, -0.15) is 0 Å². The van der Waals surface area contributed by atoms with Crippen LogP contribution in [0, 0.1) is 5.82 Å². The van der Waals surface area contributed by atoms with Crippen molar-refractivity contribution in [2.24, 2.45) is 0 Å². The van der Waals surface area contributed by atoms with Gasteiger partial charge >= 0.3 is 0 Å². The van der Waals surface area contributed by atoms with Crippen molar-refractivity contribution in [3.63, 3.8) is 0 Å². The highest BCUT2D eigenvalue weighted by Gasteiger charge is 2.26. The van der Waals surface area contributed by atoms with Crippen LogP contribution in [0.2, 0.25) is 0 Å². The second-order valence-electron chi connectivity index (χ2n) is 5.34. The monoisotopic (exact) mass is 346 g/mol. The Balaban J connectivity index is 2.84. The van der Waals surface area contributed by atoms with Crippen molar-refractivity contribution in [3.05, 3.63) is 28.2 Å². The smallest absolute Gasteiger partial charge is 0.139 e. The summed E-state index contributed by atoms with van der Waals surface area (Å²) >= 11 is 9.47. The summed E-state index contributed by atoms with van der Waals surface area (Å²) in [6.45, 7) is 8.27. The first-order chi connectivity index (χ1) is 8.77. The zero-order chi connectivity index (χ0) is 14.4. The molecule has 19 heavy (non-hydrogen) atoms. The Morgan fingerprint density at radius 3 is 2.63 bits per heavy atom. The number of alkyl halides is 1. The number of imidazole rings is 1. The van der Waals surface area contributed by atoms with Gasteiger partial charge < -0.3 is 4.57 Å². The maximum Gasteiger partial charge on any atom is 0.139 e. The molecule has 0 aliphatic carbocycles. The van der Waals surface area contributed by atoms with Crippen LogP contribution in [0.3, 0.4) is 0 Å². The van der Waals surface area contributed by atoms with Gasteiger partial charge in [0.25, 0.3) is 0 Å². The summed E-state index contributed by atoms with van der Waals surface area (Å²) in [6, 6.07) is 3.22. The van der Waals surface area contributed by atoms with Crippen molar-refractivity contribution in [1.29, 1.82) is 0 Å². The Hall–Kier alpha value is -0.610. The molecular weight excluding hydrogens is 331 g/mol. The summed E-state index contributed by atoms with van der Waals surface area (Å²) in [5.41, 5.74) is 1.43. The Morgan fingerprint density at radius 1 is 1.47 bits per heavy atom. The van der Waals surface area contributed by atoms with E-state index >= 15 is 0 Å². The van der Waals surface area contributed by atoms with Gasteiger partial charge in [0, 0.05) is 11.6 Å². The molecule has 2 rings (SSSR count). The predicted molar refractivity (Wildman–Crippen MR) is 81.3 cm³/mol. The fourth-order valence-corrected chi connectivity index (χ4v) is 2.63. The number of fused-ring (bicyclic) bond motifs is 1. The van der Waals surface area contributed by atoms with Crippen LogP contribution in [0.15, 0.2) is 16.6 Å². The zero-order valence-electron chi connectivity index (χ0n) is 11.5. The summed E-state index contributed by atoms with van der Waals surface area (Å²) in [6.07, 6.45) is 0.935. The number of halogens is 3. The maximum atomic E-state index is 13.6. The van der Waals surface area contributed by atoms with Crippen LogP contribution in [-0.2, 0) is 5.54 Å². The molecule has 1 heterocycles. The first-order valence-electron chi connectivity index (χ1n) is 6.30. The van der Waals surface area contributed by atoms with Crippen molar-refractivity contribution < 1.29 is 4.39 Å². The SMILES string of the molecule is CCC(C)(C)n1c(C(C)Cl)nc2cc(F)c(Br)cc21. The first-order valence-corrected chi connectivity index (χ1v) is 7.53. The molecular formula is C14H17BrClFN2. The number of hydrogen-bond donors (Lipinski definition) is 0. The molecule has 104 valence electrons. The van der Waals surface area contributed by atoms with E-state index in [1.54, 1.807) is 6.07 Å². The van der Waals surface area contributed by atoms with E-state index in [0.29, 0.717) is 9.99 Å². The molecule has 0 saturated heterocycles. The normalized spacial score (nSPS) is 14.1. The van der Waals surface area contributed by atoms with E-state index in [0.717, 1.165) is 17.8 Å². The van der Waals surface area contributed by atoms with Crippen molar-refractivity contribution in [3.8, 4) is 0 Å². The molecule has 0 amide bonds. The van der Waals surface area contributed by atoms with E-state index in [4.69, 9.17) is 11.6 Å². The van der Waals surface area contributed by atoms with Gasteiger partial charge in [-0.25, -0.2) is 9.37 Å². The molecule has 1 unspecified atom stereocenters. The summed E-state index contributed by atoms with van der Waals surface area (Å²) in [7, 11) is 0. The molecule has 0 N–H and O–H groups in total. The lowest BCUT2D eigenvalue weighted by Crippen LogP contribution is -2.27. The molecule has 5 heteroatoms. The molecule has 0 radical (unpaired) electrons. The Bertz CT molecular complexity index is 619. The lowest BCUT2D eigenvalue weighted by Gasteiger charge is -2.28. The van der Waals surface area contributed by atoms with Gasteiger partial charge in [-0.3, -0.25) is 0 Å². The van der Waals surface area contributed by atoms with Crippen LogP contribution in [0.4, 0.5) is 4.39 Å². The van der Waals surface area contributed by atoms with Crippen LogP contribution < -0.4 is 0 Å². The fourth-order valence-electron chi connectivity index (χ4n) is 2.15. The van der Waals surface area contributed by atoms with Crippen LogP contribution in [0.25, 0.3) is 11.0 Å². The second kappa shape index (κ2) is 5.06. The standard InChI is InChI=1S/C14H17BrClFN2/c1-5-14(3,4)19-12-6-9(15)10(17)7-11(12)18-13(19)8(2)16/h6-8H,5H2,1-4H3. The predicted octanol–water partition coefficient (Wildman–Crippen LogP) is 5.38. The molecule has 0 fully saturated rings. The molecule has 1 aromatic heterocycles. The minimum atomic E-state index is -0.305. The number of aromatic nitrogens is 2. The van der Waals surface area contributed by atoms with E-state index in [1.807, 2.05) is 6.92 Å². The van der Waals surface area contributed by atoms with Gasteiger partial charge in [-0.05, 0) is 49.2 Å². The average Bonchev–Trinajstić information content (AvgIpc) is 2.69. The quantitative estimate of drug-likeness (QED) is 0.681. The molecule has 0 aliphatic rings. The van der Waals surface area contributed by atoms with Crippen molar-refractivity contribution in [2.75, 3.05) is 0 Å². The minimum absolute atomic E-state index is 0.121. The van der Waals surface area contributed by atoms with Gasteiger partial charge in [-0.1, -0.05) is 6.92 Å². The van der Waals surface area contributed by atoms with Gasteiger partial charge in [-0.15, -0.1) is 11.6 Å². The van der Waals surface area contributed by atoms with Gasteiger partial charge in [0.15, 0.2) is 0 Å². The maximum absolute atomic E-state index is 13.6. The molecule has 2 aromatic rings. The minimum Gasteiger partial charge on any atom is -0.321 e. The van der Waals surface area contributed by atoms with Crippen LogP contribution in [0.5, 0.6) is 0 Å². The number of benzene rings is 1. The molecule has 0 spiro atoms. The van der Waals surface area contributed by atoms with E-state index in [9.17, 15) is 4.39 Å². The Kier molecular flexibility index (Phi) is 3.94. The van der Waals surface area contributed by atoms with Crippen molar-refractivity contribution in [1.82, 2.24) is 9.55 Å². The van der Waals surface area contributed by atoms with Gasteiger partial charge in [0.05, 0.1) is 20.9 Å². The summed E-state index contributed by atoms with van der Waals surface area (Å²) in [5, 5.41) is -0.222. The Morgan fingerprint density at radius 2 is 2.11 bits per heavy atom. The third-order valence-electron chi connectivity index (χ3n) is 3.55. The lowest BCUT2D eigenvalue weighted by atomic mass is 10.0. The van der Waals surface area contributed by atoms with Crippen molar-refractivity contribution in [2.45, 2.75) is 45.0 Å². The third kappa shape index (κ3) is 2.52. The van der Waals surface area contributed by atoms with Crippen LogP contribution in [0.1, 0.15) is 45.3 Å². The second-order valence-corrected chi connectivity index (χ2v) is 6.85. The molecule has 2 nitrogen and oxygen atoms in total. The van der Waals surface area contributed by atoms with Crippen molar-refractivity contribution >= 4 is 38.6 Å². The topological polar surface area (TPSA) is 17.8 Å². The van der Waals surface area contributed by atoms with E-state index in [1.165, 1.54) is 6.07 Å². The van der Waals surface area contributed by atoms with Crippen LogP contribution >= 0.6 is 27.5 Å². The Labute approximate surface area is 126 Å². The molecule has 1 atom stereocenters. The van der Waals surface area contributed by atoms with Gasteiger partial charge in [0.2, 0.25) is 0 Å². The number of nitrogens with zero attached hydrogens (tertiary/aromatic N) is 2. The number of hydrogen-bond acceptors (Lipinski definition) is 1. The summed E-state index contributed by atoms with van der Waals surface area (Å²) < 4.78 is 16.2. The first kappa shape index (κ1) is 14.8.